The highest BCUT2D eigenvalue weighted by atomic mass is 32.2. The summed E-state index contributed by atoms with van der Waals surface area (Å²) in [5.74, 6) is 2.39. The molecule has 0 radical (unpaired) electrons. The number of thioether (sulfide) groups is 1. The normalized spacial score (nSPS) is 24.5. The fourth-order valence-corrected chi connectivity index (χ4v) is 3.60. The van der Waals surface area contributed by atoms with Crippen molar-refractivity contribution in [3.63, 3.8) is 0 Å². The zero-order valence-electron chi connectivity index (χ0n) is 9.48. The van der Waals surface area contributed by atoms with Gasteiger partial charge in [-0.2, -0.15) is 0 Å². The van der Waals surface area contributed by atoms with Crippen LogP contribution in [0, 0.1) is 0 Å². The van der Waals surface area contributed by atoms with Crippen LogP contribution >= 0.6 is 11.8 Å². The largest absolute Gasteiger partial charge is 0.370 e. The van der Waals surface area contributed by atoms with E-state index in [9.17, 15) is 0 Å². The monoisotopic (exact) mass is 234 g/mol. The Labute approximate surface area is 101 Å². The number of benzene rings is 1. The third kappa shape index (κ3) is 2.06. The van der Waals surface area contributed by atoms with E-state index in [0.29, 0.717) is 6.04 Å². The Bertz CT molecular complexity index is 361. The molecule has 16 heavy (non-hydrogen) atoms. The number of aryl methyl sites for hydroxylation is 1. The maximum atomic E-state index is 3.56. The van der Waals surface area contributed by atoms with Crippen molar-refractivity contribution in [1.82, 2.24) is 5.32 Å². The van der Waals surface area contributed by atoms with Gasteiger partial charge in [-0.15, -0.1) is 11.8 Å². The lowest BCUT2D eigenvalue weighted by molar-refractivity contribution is 0.583. The van der Waals surface area contributed by atoms with Gasteiger partial charge in [-0.05, 0) is 24.5 Å². The lowest BCUT2D eigenvalue weighted by atomic mass is 10.0. The molecule has 1 aromatic carbocycles. The van der Waals surface area contributed by atoms with Crippen LogP contribution in [0.25, 0.3) is 0 Å². The average molecular weight is 234 g/mol. The molecule has 3 heteroatoms. The molecule has 0 spiro atoms. The molecule has 0 amide bonds. The van der Waals surface area contributed by atoms with Gasteiger partial charge in [-0.25, -0.2) is 0 Å². The molecule has 1 saturated heterocycles. The quantitative estimate of drug-likeness (QED) is 0.843. The molecule has 0 aromatic heterocycles. The Balaban J connectivity index is 1.76. The molecule has 2 aliphatic rings. The summed E-state index contributed by atoms with van der Waals surface area (Å²) >= 11 is 2.01. The first-order valence-electron chi connectivity index (χ1n) is 6.07. The third-order valence-corrected chi connectivity index (χ3v) is 4.45. The second-order valence-electron chi connectivity index (χ2n) is 4.59. The zero-order chi connectivity index (χ0) is 10.8. The van der Waals surface area contributed by atoms with Crippen LogP contribution in [0.1, 0.15) is 12.0 Å². The van der Waals surface area contributed by atoms with Crippen LogP contribution in [-0.2, 0) is 6.42 Å². The predicted molar refractivity (Wildman–Crippen MR) is 71.2 cm³/mol. The number of hydrogen-bond donors (Lipinski definition) is 1. The summed E-state index contributed by atoms with van der Waals surface area (Å²) in [6.07, 6.45) is 2.55. The molecule has 0 bridgehead atoms. The Morgan fingerprint density at radius 2 is 2.31 bits per heavy atom. The summed E-state index contributed by atoms with van der Waals surface area (Å²) in [4.78, 5) is 2.56. The highest BCUT2D eigenvalue weighted by molar-refractivity contribution is 7.99. The van der Waals surface area contributed by atoms with E-state index in [0.717, 1.165) is 5.88 Å². The highest BCUT2D eigenvalue weighted by Crippen LogP contribution is 2.27. The number of hydrogen-bond acceptors (Lipinski definition) is 3. The molecule has 0 aliphatic carbocycles. The summed E-state index contributed by atoms with van der Waals surface area (Å²) in [7, 11) is 0. The number of fused-ring (bicyclic) bond motifs is 1. The number of rotatable bonds is 2. The van der Waals surface area contributed by atoms with Crippen LogP contribution in [0.3, 0.4) is 0 Å². The van der Waals surface area contributed by atoms with Crippen LogP contribution in [0.15, 0.2) is 24.3 Å². The molecule has 86 valence electrons. The lowest BCUT2D eigenvalue weighted by Gasteiger charge is -2.33. The van der Waals surface area contributed by atoms with Crippen LogP contribution in [0.4, 0.5) is 5.69 Å². The first-order valence-corrected chi connectivity index (χ1v) is 7.23. The van der Waals surface area contributed by atoms with Crippen LogP contribution in [-0.4, -0.2) is 30.8 Å². The standard InChI is InChI=1S/C13H18N2S/c1-2-6-13-11(4-1)5-3-7-15(13)8-12-9-16-10-14-12/h1-2,4,6,12,14H,3,5,7-10H2. The molecule has 2 heterocycles. The van der Waals surface area contributed by atoms with E-state index >= 15 is 0 Å². The molecule has 2 aliphatic heterocycles. The van der Waals surface area contributed by atoms with Crippen LogP contribution < -0.4 is 10.2 Å². The van der Waals surface area contributed by atoms with Gasteiger partial charge in [0.15, 0.2) is 0 Å². The van der Waals surface area contributed by atoms with E-state index in [4.69, 9.17) is 0 Å². The minimum atomic E-state index is 0.677. The van der Waals surface area contributed by atoms with Gasteiger partial charge in [0, 0.05) is 36.4 Å². The maximum absolute atomic E-state index is 3.56. The van der Waals surface area contributed by atoms with Gasteiger partial charge in [0.25, 0.3) is 0 Å². The SMILES string of the molecule is c1ccc2c(c1)CCCN2CC1CSCN1. The topological polar surface area (TPSA) is 15.3 Å². The van der Waals surface area contributed by atoms with Crippen molar-refractivity contribution < 1.29 is 0 Å². The van der Waals surface area contributed by atoms with Crippen molar-refractivity contribution in [1.29, 1.82) is 0 Å². The van der Waals surface area contributed by atoms with Crippen molar-refractivity contribution in [2.45, 2.75) is 18.9 Å². The third-order valence-electron chi connectivity index (χ3n) is 3.44. The molecule has 1 N–H and O–H groups in total. The average Bonchev–Trinajstić information content (AvgIpc) is 2.82. The van der Waals surface area contributed by atoms with Gasteiger partial charge in [-0.3, -0.25) is 0 Å². The van der Waals surface area contributed by atoms with Crippen molar-refractivity contribution in [2.75, 3.05) is 29.6 Å². The Morgan fingerprint density at radius 1 is 1.38 bits per heavy atom. The van der Waals surface area contributed by atoms with Gasteiger partial charge in [0.2, 0.25) is 0 Å². The van der Waals surface area contributed by atoms with Crippen molar-refractivity contribution in [2.24, 2.45) is 0 Å². The molecular weight excluding hydrogens is 216 g/mol. The first-order chi connectivity index (χ1) is 7.93. The van der Waals surface area contributed by atoms with E-state index in [1.54, 1.807) is 0 Å². The summed E-state index contributed by atoms with van der Waals surface area (Å²) in [5.41, 5.74) is 2.99. The number of nitrogens with one attached hydrogen (secondary N) is 1. The van der Waals surface area contributed by atoms with Gasteiger partial charge >= 0.3 is 0 Å². The van der Waals surface area contributed by atoms with Gasteiger partial charge in [0.1, 0.15) is 0 Å². The molecule has 1 fully saturated rings. The Kier molecular flexibility index (Phi) is 3.06. The summed E-state index contributed by atoms with van der Waals surface area (Å²) in [6.45, 7) is 2.39. The number of nitrogens with zero attached hydrogens (tertiary/aromatic N) is 1. The molecule has 0 saturated carbocycles. The van der Waals surface area contributed by atoms with Crippen LogP contribution in [0.2, 0.25) is 0 Å². The minimum absolute atomic E-state index is 0.677. The van der Waals surface area contributed by atoms with Crippen molar-refractivity contribution in [3.05, 3.63) is 29.8 Å². The fourth-order valence-electron chi connectivity index (χ4n) is 2.62. The lowest BCUT2D eigenvalue weighted by Crippen LogP contribution is -2.41. The molecule has 1 aromatic rings. The molecule has 3 rings (SSSR count). The highest BCUT2D eigenvalue weighted by Gasteiger charge is 2.21. The minimum Gasteiger partial charge on any atom is -0.370 e. The smallest absolute Gasteiger partial charge is 0.0421 e. The van der Waals surface area contributed by atoms with Gasteiger partial charge < -0.3 is 10.2 Å². The van der Waals surface area contributed by atoms with E-state index in [1.165, 1.54) is 42.9 Å². The van der Waals surface area contributed by atoms with E-state index in [2.05, 4.69) is 34.5 Å². The number of anilines is 1. The summed E-state index contributed by atoms with van der Waals surface area (Å²) in [5, 5.41) is 3.56. The van der Waals surface area contributed by atoms with Gasteiger partial charge in [-0.1, -0.05) is 18.2 Å². The van der Waals surface area contributed by atoms with Crippen molar-refractivity contribution in [3.8, 4) is 0 Å². The molecule has 2 nitrogen and oxygen atoms in total. The van der Waals surface area contributed by atoms with Gasteiger partial charge in [0.05, 0.1) is 0 Å². The summed E-state index contributed by atoms with van der Waals surface area (Å²) < 4.78 is 0. The maximum Gasteiger partial charge on any atom is 0.0421 e. The van der Waals surface area contributed by atoms with E-state index in [1.807, 2.05) is 11.8 Å². The second kappa shape index (κ2) is 4.68. The number of para-hydroxylation sites is 1. The fraction of sp³-hybridized carbons (Fsp3) is 0.538. The Hall–Kier alpha value is -0.670. The van der Waals surface area contributed by atoms with Crippen molar-refractivity contribution >= 4 is 17.4 Å². The van der Waals surface area contributed by atoms with E-state index in [-0.39, 0.29) is 0 Å². The van der Waals surface area contributed by atoms with E-state index < -0.39 is 0 Å². The Morgan fingerprint density at radius 3 is 3.19 bits per heavy atom. The molecular formula is C13H18N2S. The molecule has 1 unspecified atom stereocenters. The predicted octanol–water partition coefficient (Wildman–Crippen LogP) is 2.10. The molecule has 1 atom stereocenters. The first kappa shape index (κ1) is 10.5. The van der Waals surface area contributed by atoms with Crippen LogP contribution in [0.5, 0.6) is 0 Å². The zero-order valence-corrected chi connectivity index (χ0v) is 10.3. The second-order valence-corrected chi connectivity index (χ2v) is 5.62. The summed E-state index contributed by atoms with van der Waals surface area (Å²) in [6, 6.07) is 9.55.